The highest BCUT2D eigenvalue weighted by Crippen LogP contribution is 2.32. The number of aliphatic hydroxyl groups excluding tert-OH is 1. The zero-order chi connectivity index (χ0) is 17.7. The Morgan fingerprint density at radius 2 is 1.91 bits per heavy atom. The van der Waals surface area contributed by atoms with E-state index in [4.69, 9.17) is 9.47 Å². The number of ether oxygens (including phenoxy) is 2. The summed E-state index contributed by atoms with van der Waals surface area (Å²) in [5, 5.41) is 9.36. The van der Waals surface area contributed by atoms with E-state index in [2.05, 4.69) is 0 Å². The van der Waals surface area contributed by atoms with Crippen molar-refractivity contribution in [1.29, 1.82) is 0 Å². The lowest BCUT2D eigenvalue weighted by Gasteiger charge is -2.37. The van der Waals surface area contributed by atoms with E-state index in [0.717, 1.165) is 0 Å². The Balaban J connectivity index is 3.22. The van der Waals surface area contributed by atoms with E-state index in [1.165, 1.54) is 13.0 Å². The van der Waals surface area contributed by atoms with Crippen molar-refractivity contribution in [2.45, 2.75) is 46.8 Å². The molecule has 1 aliphatic rings. The van der Waals surface area contributed by atoms with E-state index in [1.54, 1.807) is 19.9 Å². The highest BCUT2D eigenvalue weighted by Gasteiger charge is 2.44. The maximum absolute atomic E-state index is 12.5. The van der Waals surface area contributed by atoms with E-state index in [9.17, 15) is 19.5 Å². The fourth-order valence-electron chi connectivity index (χ4n) is 2.54. The molecule has 0 radical (unpaired) electrons. The Labute approximate surface area is 136 Å². The maximum atomic E-state index is 12.5. The van der Waals surface area contributed by atoms with E-state index in [0.29, 0.717) is 5.57 Å². The van der Waals surface area contributed by atoms with Crippen LogP contribution in [0.5, 0.6) is 0 Å². The van der Waals surface area contributed by atoms with Gasteiger partial charge in [-0.3, -0.25) is 9.59 Å². The highest BCUT2D eigenvalue weighted by molar-refractivity contribution is 6.02. The Bertz CT molecular complexity index is 543. The minimum atomic E-state index is -1.09. The number of allylic oxidation sites excluding steroid dienone is 1. The van der Waals surface area contributed by atoms with Gasteiger partial charge >= 0.3 is 11.9 Å². The normalized spacial score (nSPS) is 25.2. The van der Waals surface area contributed by atoms with Gasteiger partial charge in [-0.25, -0.2) is 4.79 Å². The van der Waals surface area contributed by atoms with Crippen LogP contribution in [0.25, 0.3) is 0 Å². The molecule has 0 saturated heterocycles. The van der Waals surface area contributed by atoms with Gasteiger partial charge in [0.25, 0.3) is 0 Å². The van der Waals surface area contributed by atoms with Gasteiger partial charge in [0.05, 0.1) is 6.61 Å². The van der Waals surface area contributed by atoms with Crippen LogP contribution >= 0.6 is 0 Å². The molecule has 0 spiro atoms. The van der Waals surface area contributed by atoms with Gasteiger partial charge in [0.15, 0.2) is 6.10 Å². The highest BCUT2D eigenvalue weighted by atomic mass is 16.6. The molecular formula is C17H24O6. The Hall–Kier alpha value is -1.95. The molecule has 0 aromatic rings. The number of carbonyl (C=O) groups is 3. The number of carbonyl (C=O) groups excluding carboxylic acids is 3. The van der Waals surface area contributed by atoms with Gasteiger partial charge in [-0.15, -0.1) is 0 Å². The summed E-state index contributed by atoms with van der Waals surface area (Å²) in [6.45, 7) is 7.76. The predicted molar refractivity (Wildman–Crippen MR) is 83.4 cm³/mol. The molecule has 6 heteroatoms. The van der Waals surface area contributed by atoms with Crippen molar-refractivity contribution < 1.29 is 29.0 Å². The summed E-state index contributed by atoms with van der Waals surface area (Å²) in [6.07, 6.45) is 1.22. The minimum Gasteiger partial charge on any atom is -0.458 e. The summed E-state index contributed by atoms with van der Waals surface area (Å²) in [4.78, 5) is 35.9. The first-order valence-corrected chi connectivity index (χ1v) is 7.59. The zero-order valence-electron chi connectivity index (χ0n) is 14.2. The summed E-state index contributed by atoms with van der Waals surface area (Å²) in [5.41, 5.74) is 0.466. The maximum Gasteiger partial charge on any atom is 0.334 e. The Morgan fingerprint density at radius 1 is 1.30 bits per heavy atom. The standard InChI is InChI=1S/C17H24O6/c1-6-10(4)17(21)23-16-14(9(2)3)13(22-11(5)19)7-12(8-18)15(16)20/h6-7,9,13-14,16,18H,8H2,1-5H3/b10-6+. The third-order valence-electron chi connectivity index (χ3n) is 3.90. The van der Waals surface area contributed by atoms with Crippen LogP contribution in [0.2, 0.25) is 0 Å². The van der Waals surface area contributed by atoms with Crippen LogP contribution in [0.3, 0.4) is 0 Å². The number of Topliss-reactive ketones (excluding diaryl/α,β-unsaturated/α-hetero) is 1. The molecule has 128 valence electrons. The smallest absolute Gasteiger partial charge is 0.334 e. The molecule has 0 amide bonds. The fraction of sp³-hybridized carbons (Fsp3) is 0.588. The third kappa shape index (κ3) is 4.51. The van der Waals surface area contributed by atoms with Crippen LogP contribution in [0.4, 0.5) is 0 Å². The van der Waals surface area contributed by atoms with Crippen molar-refractivity contribution in [3.8, 4) is 0 Å². The summed E-state index contributed by atoms with van der Waals surface area (Å²) < 4.78 is 10.6. The first kappa shape index (κ1) is 19.1. The van der Waals surface area contributed by atoms with Crippen LogP contribution in [0.15, 0.2) is 23.3 Å². The van der Waals surface area contributed by atoms with Crippen molar-refractivity contribution in [2.75, 3.05) is 6.61 Å². The van der Waals surface area contributed by atoms with Crippen molar-refractivity contribution in [3.63, 3.8) is 0 Å². The number of hydrogen-bond donors (Lipinski definition) is 1. The molecule has 0 heterocycles. The molecule has 6 nitrogen and oxygen atoms in total. The van der Waals surface area contributed by atoms with E-state index in [1.807, 2.05) is 13.8 Å². The lowest BCUT2D eigenvalue weighted by molar-refractivity contribution is -0.164. The minimum absolute atomic E-state index is 0.0801. The van der Waals surface area contributed by atoms with Gasteiger partial charge in [-0.05, 0) is 25.8 Å². The number of rotatable bonds is 5. The van der Waals surface area contributed by atoms with Gasteiger partial charge in [0.2, 0.25) is 5.78 Å². The van der Waals surface area contributed by atoms with Gasteiger partial charge in [-0.1, -0.05) is 19.9 Å². The third-order valence-corrected chi connectivity index (χ3v) is 3.90. The van der Waals surface area contributed by atoms with Crippen molar-refractivity contribution in [1.82, 2.24) is 0 Å². The summed E-state index contributed by atoms with van der Waals surface area (Å²) in [7, 11) is 0. The van der Waals surface area contributed by atoms with Gasteiger partial charge in [0.1, 0.15) is 6.10 Å². The number of hydrogen-bond acceptors (Lipinski definition) is 6. The van der Waals surface area contributed by atoms with Crippen LogP contribution in [-0.2, 0) is 23.9 Å². The molecule has 0 bridgehead atoms. The van der Waals surface area contributed by atoms with Gasteiger partial charge < -0.3 is 14.6 Å². The molecule has 23 heavy (non-hydrogen) atoms. The molecule has 3 unspecified atom stereocenters. The first-order chi connectivity index (χ1) is 10.7. The van der Waals surface area contributed by atoms with Crippen molar-refractivity contribution in [2.24, 2.45) is 11.8 Å². The van der Waals surface area contributed by atoms with Crippen molar-refractivity contribution in [3.05, 3.63) is 23.3 Å². The van der Waals surface area contributed by atoms with Crippen LogP contribution in [-0.4, -0.2) is 41.6 Å². The molecule has 1 rings (SSSR count). The average Bonchev–Trinajstić information content (AvgIpc) is 2.48. The van der Waals surface area contributed by atoms with Crippen LogP contribution in [0, 0.1) is 11.8 Å². The van der Waals surface area contributed by atoms with E-state index < -0.39 is 42.5 Å². The SMILES string of the molecule is C/C=C(\C)C(=O)OC1C(=O)C(CO)=CC(OC(C)=O)C1C(C)C. The molecule has 1 N–H and O–H groups in total. The molecule has 3 atom stereocenters. The molecule has 0 saturated carbocycles. The molecule has 0 aromatic carbocycles. The Morgan fingerprint density at radius 3 is 2.35 bits per heavy atom. The Kier molecular flexibility index (Phi) is 6.69. The molecule has 0 aliphatic heterocycles. The van der Waals surface area contributed by atoms with Gasteiger partial charge in [0, 0.05) is 24.0 Å². The van der Waals surface area contributed by atoms with Gasteiger partial charge in [-0.2, -0.15) is 0 Å². The van der Waals surface area contributed by atoms with Crippen LogP contribution in [0.1, 0.15) is 34.6 Å². The predicted octanol–water partition coefficient (Wildman–Crippen LogP) is 1.57. The monoisotopic (exact) mass is 324 g/mol. The fourth-order valence-corrected chi connectivity index (χ4v) is 2.54. The summed E-state index contributed by atoms with van der Waals surface area (Å²) in [6, 6.07) is 0. The van der Waals surface area contributed by atoms with E-state index >= 15 is 0 Å². The van der Waals surface area contributed by atoms with E-state index in [-0.39, 0.29) is 11.5 Å². The molecular weight excluding hydrogens is 300 g/mol. The number of esters is 2. The molecule has 1 aliphatic carbocycles. The topological polar surface area (TPSA) is 89.9 Å². The average molecular weight is 324 g/mol. The lowest BCUT2D eigenvalue weighted by atomic mass is 9.77. The molecule has 0 aromatic heterocycles. The largest absolute Gasteiger partial charge is 0.458 e. The summed E-state index contributed by atoms with van der Waals surface area (Å²) in [5.74, 6) is -2.14. The second kappa shape index (κ2) is 8.06. The lowest BCUT2D eigenvalue weighted by Crippen LogP contribution is -2.48. The van der Waals surface area contributed by atoms with Crippen molar-refractivity contribution >= 4 is 17.7 Å². The molecule has 0 fully saturated rings. The first-order valence-electron chi connectivity index (χ1n) is 7.59. The second-order valence-electron chi connectivity index (χ2n) is 5.91. The quantitative estimate of drug-likeness (QED) is 0.610. The second-order valence-corrected chi connectivity index (χ2v) is 5.91. The van der Waals surface area contributed by atoms with Crippen LogP contribution < -0.4 is 0 Å². The zero-order valence-corrected chi connectivity index (χ0v) is 14.2. The summed E-state index contributed by atoms with van der Waals surface area (Å²) >= 11 is 0. The number of aliphatic hydroxyl groups is 1. The number of ketones is 1.